The lowest BCUT2D eigenvalue weighted by Crippen LogP contribution is -2.51. The molecule has 2 rings (SSSR count). The third-order valence-corrected chi connectivity index (χ3v) is 3.44. The lowest BCUT2D eigenvalue weighted by molar-refractivity contribution is -0.187. The van der Waals surface area contributed by atoms with E-state index in [1.165, 1.54) is 0 Å². The van der Waals surface area contributed by atoms with Crippen LogP contribution in [0.1, 0.15) is 27.7 Å². The Morgan fingerprint density at radius 3 is 2.38 bits per heavy atom. The fraction of sp³-hybridized carbons (Fsp3) is 1.00. The van der Waals surface area contributed by atoms with Gasteiger partial charge in [0, 0.05) is 14.2 Å². The van der Waals surface area contributed by atoms with Gasteiger partial charge in [0.2, 0.25) is 0 Å². The minimum Gasteiger partial charge on any atom is -0.379 e. The van der Waals surface area contributed by atoms with Crippen molar-refractivity contribution in [3.63, 3.8) is 0 Å². The highest BCUT2D eigenvalue weighted by Crippen LogP contribution is 2.44. The van der Waals surface area contributed by atoms with E-state index in [0.29, 0.717) is 6.61 Å². The van der Waals surface area contributed by atoms with Gasteiger partial charge in [-0.05, 0) is 13.8 Å². The summed E-state index contributed by atoms with van der Waals surface area (Å²) < 4.78 is 22.4. The SMILES string of the molecule is CC.COC(C)C12COC(C(C)O1)C2OC. The first-order chi connectivity index (χ1) is 7.65. The number of methoxy groups -OCH3 is 2. The summed E-state index contributed by atoms with van der Waals surface area (Å²) in [6.07, 6.45) is 0.124. The van der Waals surface area contributed by atoms with Crippen LogP contribution in [0.2, 0.25) is 0 Å². The molecule has 0 radical (unpaired) electrons. The molecule has 0 aromatic rings. The normalized spacial score (nSPS) is 42.8. The summed E-state index contributed by atoms with van der Waals surface area (Å²) in [5, 5.41) is 0. The molecule has 4 heteroatoms. The van der Waals surface area contributed by atoms with Crippen LogP contribution in [0.3, 0.4) is 0 Å². The molecule has 2 bridgehead atoms. The Balaban J connectivity index is 0.000000606. The van der Waals surface area contributed by atoms with Crippen LogP contribution in [-0.4, -0.2) is 50.8 Å². The van der Waals surface area contributed by atoms with Crippen LogP contribution in [0.5, 0.6) is 0 Å². The highest BCUT2D eigenvalue weighted by atomic mass is 16.7. The zero-order valence-electron chi connectivity index (χ0n) is 11.1. The Hall–Kier alpha value is -0.160. The van der Waals surface area contributed by atoms with E-state index >= 15 is 0 Å². The molecule has 0 saturated carbocycles. The molecule has 96 valence electrons. The Bertz CT molecular complexity index is 221. The van der Waals surface area contributed by atoms with Gasteiger partial charge in [0.1, 0.15) is 17.8 Å². The zero-order chi connectivity index (χ0) is 12.3. The topological polar surface area (TPSA) is 36.9 Å². The highest BCUT2D eigenvalue weighted by molar-refractivity contribution is 5.10. The second-order valence-corrected chi connectivity index (χ2v) is 4.09. The van der Waals surface area contributed by atoms with E-state index in [4.69, 9.17) is 18.9 Å². The van der Waals surface area contributed by atoms with Crippen molar-refractivity contribution >= 4 is 0 Å². The molecule has 0 aromatic carbocycles. The molecule has 0 aromatic heterocycles. The molecule has 0 amide bonds. The second-order valence-electron chi connectivity index (χ2n) is 4.09. The third kappa shape index (κ3) is 1.88. The molecule has 2 aliphatic heterocycles. The molecule has 0 aliphatic carbocycles. The van der Waals surface area contributed by atoms with Crippen LogP contribution >= 0.6 is 0 Å². The average molecular weight is 232 g/mol. The summed E-state index contributed by atoms with van der Waals surface area (Å²) >= 11 is 0. The van der Waals surface area contributed by atoms with E-state index in [9.17, 15) is 0 Å². The molecular weight excluding hydrogens is 208 g/mol. The van der Waals surface area contributed by atoms with Gasteiger partial charge in [-0.1, -0.05) is 13.8 Å². The summed E-state index contributed by atoms with van der Waals surface area (Å²) in [4.78, 5) is 0. The largest absolute Gasteiger partial charge is 0.379 e. The molecule has 0 N–H and O–H groups in total. The fourth-order valence-electron chi connectivity index (χ4n) is 2.55. The number of fused-ring (bicyclic) bond motifs is 2. The molecule has 2 heterocycles. The summed E-state index contributed by atoms with van der Waals surface area (Å²) in [5.41, 5.74) is -0.409. The van der Waals surface area contributed by atoms with Gasteiger partial charge in [0.05, 0.1) is 18.8 Å². The van der Waals surface area contributed by atoms with Crippen LogP contribution in [-0.2, 0) is 18.9 Å². The lowest BCUT2D eigenvalue weighted by Gasteiger charge is -2.34. The van der Waals surface area contributed by atoms with Gasteiger partial charge in [-0.15, -0.1) is 0 Å². The standard InChI is InChI=1S/C10H18O4.C2H6/c1-6-8-9(12-4)10(14-6,5-13-8)7(2)11-3;1-2/h6-9H,5H2,1-4H3;1-2H3. The van der Waals surface area contributed by atoms with E-state index in [2.05, 4.69) is 0 Å². The predicted molar refractivity (Wildman–Crippen MR) is 61.6 cm³/mol. The van der Waals surface area contributed by atoms with Crippen molar-refractivity contribution in [2.24, 2.45) is 0 Å². The molecule has 16 heavy (non-hydrogen) atoms. The highest BCUT2D eigenvalue weighted by Gasteiger charge is 2.63. The number of hydrogen-bond donors (Lipinski definition) is 0. The minimum absolute atomic E-state index is 0.00699. The minimum atomic E-state index is -0.409. The quantitative estimate of drug-likeness (QED) is 0.741. The first kappa shape index (κ1) is 13.9. The Labute approximate surface area is 98.2 Å². The van der Waals surface area contributed by atoms with Crippen molar-refractivity contribution in [3.8, 4) is 0 Å². The summed E-state index contributed by atoms with van der Waals surface area (Å²) in [6.45, 7) is 8.57. The molecular formula is C12H24O4. The molecule has 4 nitrogen and oxygen atoms in total. The second kappa shape index (κ2) is 5.45. The van der Waals surface area contributed by atoms with E-state index < -0.39 is 5.60 Å². The van der Waals surface area contributed by atoms with Gasteiger partial charge < -0.3 is 18.9 Å². The number of hydrogen-bond acceptors (Lipinski definition) is 4. The molecule has 5 unspecified atom stereocenters. The molecule has 2 fully saturated rings. The maximum atomic E-state index is 5.93. The van der Waals surface area contributed by atoms with Gasteiger partial charge in [-0.3, -0.25) is 0 Å². The molecule has 0 spiro atoms. The van der Waals surface area contributed by atoms with Crippen molar-refractivity contribution in [3.05, 3.63) is 0 Å². The third-order valence-electron chi connectivity index (χ3n) is 3.44. The van der Waals surface area contributed by atoms with Gasteiger partial charge in [0.15, 0.2) is 0 Å². The first-order valence-electron chi connectivity index (χ1n) is 6.00. The monoisotopic (exact) mass is 232 g/mol. The number of rotatable bonds is 3. The average Bonchev–Trinajstić information content (AvgIpc) is 2.82. The fourth-order valence-corrected chi connectivity index (χ4v) is 2.55. The molecule has 2 saturated heterocycles. The van der Waals surface area contributed by atoms with E-state index in [1.807, 2.05) is 27.7 Å². The van der Waals surface area contributed by atoms with Crippen molar-refractivity contribution in [1.82, 2.24) is 0 Å². The molecule has 2 aliphatic rings. The number of ether oxygens (including phenoxy) is 4. The maximum absolute atomic E-state index is 5.93. The Morgan fingerprint density at radius 2 is 1.94 bits per heavy atom. The first-order valence-corrected chi connectivity index (χ1v) is 6.00. The zero-order valence-corrected chi connectivity index (χ0v) is 11.1. The van der Waals surface area contributed by atoms with Crippen molar-refractivity contribution in [1.29, 1.82) is 0 Å². The Morgan fingerprint density at radius 1 is 1.31 bits per heavy atom. The van der Waals surface area contributed by atoms with Crippen molar-refractivity contribution < 1.29 is 18.9 Å². The van der Waals surface area contributed by atoms with Crippen LogP contribution in [0.4, 0.5) is 0 Å². The van der Waals surface area contributed by atoms with Crippen molar-refractivity contribution in [2.75, 3.05) is 20.8 Å². The van der Waals surface area contributed by atoms with Gasteiger partial charge in [-0.25, -0.2) is 0 Å². The van der Waals surface area contributed by atoms with Crippen LogP contribution in [0.25, 0.3) is 0 Å². The summed E-state index contributed by atoms with van der Waals surface area (Å²) in [6, 6.07) is 0. The predicted octanol–water partition coefficient (Wildman–Crippen LogP) is 1.62. The smallest absolute Gasteiger partial charge is 0.146 e. The van der Waals surface area contributed by atoms with Crippen LogP contribution in [0, 0.1) is 0 Å². The maximum Gasteiger partial charge on any atom is 0.146 e. The van der Waals surface area contributed by atoms with E-state index in [1.54, 1.807) is 14.2 Å². The lowest BCUT2D eigenvalue weighted by atomic mass is 9.93. The van der Waals surface area contributed by atoms with E-state index in [-0.39, 0.29) is 24.4 Å². The summed E-state index contributed by atoms with van der Waals surface area (Å²) in [5.74, 6) is 0. The van der Waals surface area contributed by atoms with Crippen LogP contribution in [0.15, 0.2) is 0 Å². The van der Waals surface area contributed by atoms with Crippen LogP contribution < -0.4 is 0 Å². The van der Waals surface area contributed by atoms with Gasteiger partial charge in [-0.2, -0.15) is 0 Å². The molecule has 5 atom stereocenters. The van der Waals surface area contributed by atoms with E-state index in [0.717, 1.165) is 0 Å². The Kier molecular flexibility index (Phi) is 4.73. The van der Waals surface area contributed by atoms with Gasteiger partial charge >= 0.3 is 0 Å². The van der Waals surface area contributed by atoms with Gasteiger partial charge in [0.25, 0.3) is 0 Å². The summed E-state index contributed by atoms with van der Waals surface area (Å²) in [7, 11) is 3.39. The van der Waals surface area contributed by atoms with Crippen molar-refractivity contribution in [2.45, 2.75) is 57.7 Å².